The average molecular weight is 466 g/mol. The highest BCUT2D eigenvalue weighted by Gasteiger charge is 2.28. The highest BCUT2D eigenvalue weighted by molar-refractivity contribution is 7.13. The van der Waals surface area contributed by atoms with Gasteiger partial charge < -0.3 is 20.3 Å². The van der Waals surface area contributed by atoms with Gasteiger partial charge in [-0.3, -0.25) is 4.79 Å². The number of rotatable bonds is 5. The van der Waals surface area contributed by atoms with Crippen LogP contribution in [0.4, 0.5) is 16.2 Å². The number of hydrogen-bond donors (Lipinski definition) is 2. The minimum atomic E-state index is -0.302. The number of carbonyl (C=O) groups is 2. The second-order valence-corrected chi connectivity index (χ2v) is 9.15. The minimum Gasteiger partial charge on any atom is -0.497 e. The van der Waals surface area contributed by atoms with Crippen LogP contribution in [-0.4, -0.2) is 47.2 Å². The molecule has 1 aliphatic rings. The van der Waals surface area contributed by atoms with Crippen molar-refractivity contribution in [1.29, 1.82) is 0 Å². The van der Waals surface area contributed by atoms with E-state index < -0.39 is 0 Å². The van der Waals surface area contributed by atoms with Crippen molar-refractivity contribution in [3.05, 3.63) is 63.6 Å². The van der Waals surface area contributed by atoms with Gasteiger partial charge in [0, 0.05) is 30.4 Å². The summed E-state index contributed by atoms with van der Waals surface area (Å²) in [5.74, 6) is 0.475. The molecule has 1 aliphatic heterocycles. The van der Waals surface area contributed by atoms with Crippen LogP contribution in [0.1, 0.15) is 44.7 Å². The van der Waals surface area contributed by atoms with Crippen LogP contribution in [-0.2, 0) is 0 Å². The van der Waals surface area contributed by atoms with Gasteiger partial charge >= 0.3 is 6.03 Å². The van der Waals surface area contributed by atoms with Gasteiger partial charge in [0.2, 0.25) is 5.01 Å². The molecule has 3 amide bonds. The summed E-state index contributed by atoms with van der Waals surface area (Å²) in [6.07, 6.45) is 1.78. The highest BCUT2D eigenvalue weighted by atomic mass is 32.1. The molecular formula is C24H27N5O3S. The zero-order valence-corrected chi connectivity index (χ0v) is 19.7. The lowest BCUT2D eigenvalue weighted by atomic mass is 9.99. The van der Waals surface area contributed by atoms with Crippen molar-refractivity contribution in [3.8, 4) is 5.75 Å². The number of anilines is 2. The highest BCUT2D eigenvalue weighted by Crippen LogP contribution is 2.30. The van der Waals surface area contributed by atoms with Gasteiger partial charge in [-0.25, -0.2) is 4.79 Å². The van der Waals surface area contributed by atoms with Gasteiger partial charge in [-0.05, 0) is 74.2 Å². The predicted octanol–water partition coefficient (Wildman–Crippen LogP) is 4.83. The first-order valence-electron chi connectivity index (χ1n) is 10.8. The predicted molar refractivity (Wildman–Crippen MR) is 129 cm³/mol. The smallest absolute Gasteiger partial charge is 0.321 e. The molecule has 0 spiro atoms. The van der Waals surface area contributed by atoms with E-state index in [0.717, 1.165) is 34.8 Å². The number of likely N-dealkylation sites (tertiary alicyclic amines) is 1. The summed E-state index contributed by atoms with van der Waals surface area (Å²) in [6, 6.07) is 12.9. The summed E-state index contributed by atoms with van der Waals surface area (Å²) in [6.45, 7) is 5.31. The average Bonchev–Trinajstić information content (AvgIpc) is 3.33. The van der Waals surface area contributed by atoms with Crippen LogP contribution in [0, 0.1) is 13.8 Å². The second kappa shape index (κ2) is 9.99. The molecule has 2 heterocycles. The van der Waals surface area contributed by atoms with Crippen molar-refractivity contribution < 1.29 is 14.3 Å². The number of aryl methyl sites for hydroxylation is 2. The summed E-state index contributed by atoms with van der Waals surface area (Å²) in [7, 11) is 1.59. The molecule has 172 valence electrons. The zero-order valence-electron chi connectivity index (χ0n) is 18.9. The quantitative estimate of drug-likeness (QED) is 0.563. The van der Waals surface area contributed by atoms with Crippen LogP contribution in [0.3, 0.4) is 0 Å². The Morgan fingerprint density at radius 2 is 1.79 bits per heavy atom. The van der Waals surface area contributed by atoms with Crippen LogP contribution in [0.2, 0.25) is 0 Å². The van der Waals surface area contributed by atoms with Gasteiger partial charge in [-0.15, -0.1) is 10.2 Å². The molecule has 0 radical (unpaired) electrons. The fraction of sp³-hybridized carbons (Fsp3) is 0.333. The van der Waals surface area contributed by atoms with Gasteiger partial charge in [0.05, 0.1) is 7.11 Å². The summed E-state index contributed by atoms with van der Waals surface area (Å²) < 4.78 is 5.13. The van der Waals surface area contributed by atoms with E-state index in [0.29, 0.717) is 23.8 Å². The van der Waals surface area contributed by atoms with E-state index >= 15 is 0 Å². The number of piperidine rings is 1. The first kappa shape index (κ1) is 22.7. The van der Waals surface area contributed by atoms with Crippen molar-refractivity contribution in [3.63, 3.8) is 0 Å². The Kier molecular flexibility index (Phi) is 6.88. The third kappa shape index (κ3) is 5.48. The first-order chi connectivity index (χ1) is 15.9. The van der Waals surface area contributed by atoms with Crippen LogP contribution < -0.4 is 15.4 Å². The molecular weight excluding hydrogens is 438 g/mol. The Labute approximate surface area is 197 Å². The molecule has 0 saturated carbocycles. The standard InChI is InChI=1S/C24H27N5O3S/c1-15-6-7-19(13-16(15)2)26-24(31)29-12-4-5-17(14-29)22-27-28-23(33-22)21(30)25-18-8-10-20(32-3)11-9-18/h6-11,13,17H,4-5,12,14H2,1-3H3,(H,25,30)(H,26,31)/t17-/m0/s1. The maximum Gasteiger partial charge on any atom is 0.321 e. The minimum absolute atomic E-state index is 0.0595. The van der Waals surface area contributed by atoms with Gasteiger partial charge in [-0.1, -0.05) is 17.4 Å². The number of carbonyl (C=O) groups excluding carboxylic acids is 2. The first-order valence-corrected chi connectivity index (χ1v) is 11.7. The summed E-state index contributed by atoms with van der Waals surface area (Å²) >= 11 is 1.28. The van der Waals surface area contributed by atoms with E-state index in [9.17, 15) is 9.59 Å². The number of amides is 3. The Balaban J connectivity index is 1.37. The lowest BCUT2D eigenvalue weighted by Gasteiger charge is -2.31. The number of aromatic nitrogens is 2. The Bertz CT molecular complexity index is 1150. The largest absolute Gasteiger partial charge is 0.497 e. The normalized spacial score (nSPS) is 15.7. The van der Waals surface area contributed by atoms with Crippen molar-refractivity contribution in [2.24, 2.45) is 0 Å². The maximum atomic E-state index is 12.8. The molecule has 3 aromatic rings. The monoisotopic (exact) mass is 465 g/mol. The fourth-order valence-corrected chi connectivity index (χ4v) is 4.60. The van der Waals surface area contributed by atoms with Crippen molar-refractivity contribution in [2.45, 2.75) is 32.6 Å². The van der Waals surface area contributed by atoms with Crippen LogP contribution >= 0.6 is 11.3 Å². The molecule has 1 fully saturated rings. The molecule has 8 nitrogen and oxygen atoms in total. The molecule has 2 aromatic carbocycles. The molecule has 0 bridgehead atoms. The lowest BCUT2D eigenvalue weighted by Crippen LogP contribution is -2.41. The molecule has 0 unspecified atom stereocenters. The summed E-state index contributed by atoms with van der Waals surface area (Å²) in [4.78, 5) is 27.2. The maximum absolute atomic E-state index is 12.8. The molecule has 9 heteroatoms. The van der Waals surface area contributed by atoms with E-state index in [-0.39, 0.29) is 17.9 Å². The van der Waals surface area contributed by atoms with E-state index in [1.165, 1.54) is 16.9 Å². The van der Waals surface area contributed by atoms with Crippen LogP contribution in [0.25, 0.3) is 0 Å². The lowest BCUT2D eigenvalue weighted by molar-refractivity contribution is 0.102. The third-order valence-corrected chi connectivity index (χ3v) is 6.88. The van der Waals surface area contributed by atoms with Gasteiger partial charge in [0.25, 0.3) is 5.91 Å². The zero-order chi connectivity index (χ0) is 23.4. The van der Waals surface area contributed by atoms with Gasteiger partial charge in [-0.2, -0.15) is 0 Å². The van der Waals surface area contributed by atoms with Crippen molar-refractivity contribution >= 4 is 34.6 Å². The molecule has 1 atom stereocenters. The number of benzene rings is 2. The summed E-state index contributed by atoms with van der Waals surface area (Å²) in [5, 5.41) is 15.2. The van der Waals surface area contributed by atoms with Crippen molar-refractivity contribution in [2.75, 3.05) is 30.8 Å². The number of ether oxygens (including phenoxy) is 1. The van der Waals surface area contributed by atoms with E-state index in [4.69, 9.17) is 4.74 Å². The Hall–Kier alpha value is -3.46. The number of nitrogens with zero attached hydrogens (tertiary/aromatic N) is 3. The summed E-state index contributed by atoms with van der Waals surface area (Å²) in [5.41, 5.74) is 3.77. The Morgan fingerprint density at radius 1 is 1.03 bits per heavy atom. The Morgan fingerprint density at radius 3 is 2.52 bits per heavy atom. The van der Waals surface area contributed by atoms with Crippen molar-refractivity contribution in [1.82, 2.24) is 15.1 Å². The number of methoxy groups -OCH3 is 1. The number of hydrogen-bond acceptors (Lipinski definition) is 6. The van der Waals surface area contributed by atoms with Crippen LogP contribution in [0.15, 0.2) is 42.5 Å². The number of nitrogens with one attached hydrogen (secondary N) is 2. The van der Waals surface area contributed by atoms with E-state index in [1.807, 2.05) is 36.9 Å². The van der Waals surface area contributed by atoms with Gasteiger partial charge in [0.1, 0.15) is 10.8 Å². The molecule has 1 aromatic heterocycles. The molecule has 33 heavy (non-hydrogen) atoms. The topological polar surface area (TPSA) is 96.4 Å². The second-order valence-electron chi connectivity index (χ2n) is 8.14. The van der Waals surface area contributed by atoms with E-state index in [2.05, 4.69) is 20.8 Å². The third-order valence-electron chi connectivity index (χ3n) is 5.80. The number of urea groups is 1. The molecule has 4 rings (SSSR count). The van der Waals surface area contributed by atoms with Gasteiger partial charge in [0.15, 0.2) is 0 Å². The molecule has 1 saturated heterocycles. The van der Waals surface area contributed by atoms with Crippen LogP contribution in [0.5, 0.6) is 5.75 Å². The molecule has 2 N–H and O–H groups in total. The SMILES string of the molecule is COc1ccc(NC(=O)c2nnc([C@H]3CCCN(C(=O)Nc4ccc(C)c(C)c4)C3)s2)cc1. The van der Waals surface area contributed by atoms with E-state index in [1.54, 1.807) is 31.4 Å². The fourth-order valence-electron chi connectivity index (χ4n) is 3.74. The molecule has 0 aliphatic carbocycles.